The van der Waals surface area contributed by atoms with Gasteiger partial charge in [0.15, 0.2) is 0 Å². The van der Waals surface area contributed by atoms with E-state index in [4.69, 9.17) is 0 Å². The van der Waals surface area contributed by atoms with E-state index >= 15 is 0 Å². The first-order chi connectivity index (χ1) is 14.1. The Balaban J connectivity index is 2.10. The van der Waals surface area contributed by atoms with Gasteiger partial charge in [-0.25, -0.2) is 21.6 Å². The molecule has 2 aromatic carbocycles. The molecule has 0 spiro atoms. The van der Waals surface area contributed by atoms with Crippen LogP contribution in [0.4, 0.5) is 11.4 Å². The van der Waals surface area contributed by atoms with E-state index < -0.39 is 26.0 Å². The van der Waals surface area contributed by atoms with Gasteiger partial charge in [0.05, 0.1) is 16.3 Å². The van der Waals surface area contributed by atoms with Crippen LogP contribution in [0.3, 0.4) is 0 Å². The predicted molar refractivity (Wildman–Crippen MR) is 119 cm³/mol. The van der Waals surface area contributed by atoms with Gasteiger partial charge in [-0.1, -0.05) is 25.1 Å². The maximum Gasteiger partial charge on any atom is 0.248 e. The first kappa shape index (κ1) is 23.6. The molecule has 0 aromatic heterocycles. The summed E-state index contributed by atoms with van der Waals surface area (Å²) in [5, 5.41) is 2.72. The maximum absolute atomic E-state index is 12.3. The van der Waals surface area contributed by atoms with Crippen molar-refractivity contribution in [1.29, 1.82) is 0 Å². The van der Waals surface area contributed by atoms with E-state index in [-0.39, 0.29) is 10.6 Å². The van der Waals surface area contributed by atoms with Crippen LogP contribution in [0.1, 0.15) is 24.5 Å². The highest BCUT2D eigenvalue weighted by Gasteiger charge is 2.13. The van der Waals surface area contributed by atoms with E-state index in [0.717, 1.165) is 0 Å². The van der Waals surface area contributed by atoms with Crippen LogP contribution in [-0.2, 0) is 24.8 Å². The maximum atomic E-state index is 12.3. The van der Waals surface area contributed by atoms with Crippen molar-refractivity contribution in [2.45, 2.75) is 25.2 Å². The Morgan fingerprint density at radius 3 is 2.23 bits per heavy atom. The lowest BCUT2D eigenvalue weighted by molar-refractivity contribution is -0.111. The Kier molecular flexibility index (Phi) is 7.77. The van der Waals surface area contributed by atoms with Crippen molar-refractivity contribution >= 4 is 43.4 Å². The molecule has 0 saturated heterocycles. The Hall–Kier alpha value is -2.69. The normalized spacial score (nSPS) is 12.1. The Morgan fingerprint density at radius 2 is 1.63 bits per heavy atom. The van der Waals surface area contributed by atoms with Crippen molar-refractivity contribution in [1.82, 2.24) is 4.72 Å². The molecule has 10 heteroatoms. The monoisotopic (exact) mass is 451 g/mol. The average molecular weight is 452 g/mol. The average Bonchev–Trinajstić information content (AvgIpc) is 2.69. The van der Waals surface area contributed by atoms with Crippen molar-refractivity contribution in [3.05, 3.63) is 59.7 Å². The van der Waals surface area contributed by atoms with Gasteiger partial charge >= 0.3 is 0 Å². The third-order valence-electron chi connectivity index (χ3n) is 4.22. The highest BCUT2D eigenvalue weighted by molar-refractivity contribution is 7.92. The van der Waals surface area contributed by atoms with E-state index in [0.29, 0.717) is 28.9 Å². The molecule has 2 rings (SSSR count). The lowest BCUT2D eigenvalue weighted by Gasteiger charge is -2.13. The van der Waals surface area contributed by atoms with Crippen LogP contribution in [0.2, 0.25) is 0 Å². The summed E-state index contributed by atoms with van der Waals surface area (Å²) < 4.78 is 52.2. The van der Waals surface area contributed by atoms with Crippen LogP contribution in [0.15, 0.2) is 53.4 Å². The fraction of sp³-hybridized carbons (Fsp3) is 0.250. The number of rotatable bonds is 9. The van der Waals surface area contributed by atoms with Gasteiger partial charge in [0.2, 0.25) is 26.0 Å². The molecule has 8 nitrogen and oxygen atoms in total. The van der Waals surface area contributed by atoms with Gasteiger partial charge in [-0.2, -0.15) is 0 Å². The van der Waals surface area contributed by atoms with Crippen molar-refractivity contribution in [2.24, 2.45) is 0 Å². The molecule has 3 N–H and O–H groups in total. The molecule has 162 valence electrons. The largest absolute Gasteiger partial charge is 0.322 e. The number of anilines is 2. The minimum absolute atomic E-state index is 0.0141. The first-order valence-electron chi connectivity index (χ1n) is 9.21. The second-order valence-corrected chi connectivity index (χ2v) is 10.2. The van der Waals surface area contributed by atoms with Crippen molar-refractivity contribution < 1.29 is 21.6 Å². The molecule has 0 fully saturated rings. The molecule has 2 aromatic rings. The van der Waals surface area contributed by atoms with E-state index in [1.165, 1.54) is 25.3 Å². The van der Waals surface area contributed by atoms with Crippen LogP contribution in [0.25, 0.3) is 6.08 Å². The second-order valence-electron chi connectivity index (χ2n) is 6.50. The van der Waals surface area contributed by atoms with Crippen LogP contribution in [-0.4, -0.2) is 35.5 Å². The van der Waals surface area contributed by atoms with Crippen LogP contribution in [0.5, 0.6) is 0 Å². The lowest BCUT2D eigenvalue weighted by atomic mass is 10.1. The van der Waals surface area contributed by atoms with Gasteiger partial charge < -0.3 is 5.32 Å². The minimum atomic E-state index is -3.51. The summed E-state index contributed by atoms with van der Waals surface area (Å²) >= 11 is 0. The summed E-state index contributed by atoms with van der Waals surface area (Å²) in [4.78, 5) is 12.4. The standard InChI is InChI=1S/C20H25N3O5S2/c1-4-14-29(25,26)23-19-7-5-6-18(15(19)2)22-20(24)13-10-16-8-11-17(12-9-16)30(27,28)21-3/h5-13,21,23H,4,14H2,1-3H3,(H,22,24)/b13-10+. The van der Waals surface area contributed by atoms with Crippen LogP contribution < -0.4 is 14.8 Å². The zero-order chi connectivity index (χ0) is 22.4. The van der Waals surface area contributed by atoms with Gasteiger partial charge in [0, 0.05) is 11.8 Å². The zero-order valence-corrected chi connectivity index (χ0v) is 18.6. The molecule has 0 aliphatic heterocycles. The highest BCUT2D eigenvalue weighted by atomic mass is 32.2. The molecule has 0 bridgehead atoms. The topological polar surface area (TPSA) is 121 Å². The molecular weight excluding hydrogens is 426 g/mol. The first-order valence-corrected chi connectivity index (χ1v) is 12.3. The summed E-state index contributed by atoms with van der Waals surface area (Å²) in [5.41, 5.74) is 2.14. The second kappa shape index (κ2) is 9.88. The molecule has 0 aliphatic carbocycles. The molecular formula is C20H25N3O5S2. The number of carbonyl (C=O) groups excluding carboxylic acids is 1. The quantitative estimate of drug-likeness (QED) is 0.506. The molecule has 0 heterocycles. The third kappa shape index (κ3) is 6.41. The smallest absolute Gasteiger partial charge is 0.248 e. The molecule has 0 atom stereocenters. The zero-order valence-electron chi connectivity index (χ0n) is 17.0. The van der Waals surface area contributed by atoms with E-state index in [2.05, 4.69) is 14.8 Å². The summed E-state index contributed by atoms with van der Waals surface area (Å²) in [6.07, 6.45) is 3.36. The number of hydrogen-bond acceptors (Lipinski definition) is 5. The summed E-state index contributed by atoms with van der Waals surface area (Å²) in [5.74, 6) is -0.390. The highest BCUT2D eigenvalue weighted by Crippen LogP contribution is 2.24. The summed E-state index contributed by atoms with van der Waals surface area (Å²) in [7, 11) is -5.62. The molecule has 0 radical (unpaired) electrons. The van der Waals surface area contributed by atoms with E-state index in [1.54, 1.807) is 50.3 Å². The lowest BCUT2D eigenvalue weighted by Crippen LogP contribution is -2.18. The van der Waals surface area contributed by atoms with Gasteiger partial charge in [0.1, 0.15) is 0 Å². The van der Waals surface area contributed by atoms with Gasteiger partial charge in [-0.3, -0.25) is 9.52 Å². The molecule has 30 heavy (non-hydrogen) atoms. The van der Waals surface area contributed by atoms with Crippen LogP contribution in [0, 0.1) is 6.92 Å². The molecule has 1 amide bonds. The molecule has 0 unspecified atom stereocenters. The number of nitrogens with one attached hydrogen (secondary N) is 3. The number of benzene rings is 2. The minimum Gasteiger partial charge on any atom is -0.322 e. The predicted octanol–water partition coefficient (Wildman–Crippen LogP) is 2.71. The van der Waals surface area contributed by atoms with Crippen molar-refractivity contribution in [3.63, 3.8) is 0 Å². The number of sulfonamides is 2. The Morgan fingerprint density at radius 1 is 1.00 bits per heavy atom. The van der Waals surface area contributed by atoms with E-state index in [9.17, 15) is 21.6 Å². The van der Waals surface area contributed by atoms with Crippen molar-refractivity contribution in [2.75, 3.05) is 22.8 Å². The summed E-state index contributed by atoms with van der Waals surface area (Å²) in [6.45, 7) is 3.49. The van der Waals surface area contributed by atoms with Crippen molar-refractivity contribution in [3.8, 4) is 0 Å². The summed E-state index contributed by atoms with van der Waals surface area (Å²) in [6, 6.07) is 11.0. The number of hydrogen-bond donors (Lipinski definition) is 3. The molecule has 0 saturated carbocycles. The SMILES string of the molecule is CCCS(=O)(=O)Nc1cccc(NC(=O)/C=C/c2ccc(S(=O)(=O)NC)cc2)c1C. The van der Waals surface area contributed by atoms with Gasteiger partial charge in [-0.05, 0) is 61.9 Å². The third-order valence-corrected chi connectivity index (χ3v) is 7.12. The fourth-order valence-corrected chi connectivity index (χ4v) is 4.52. The fourth-order valence-electron chi connectivity index (χ4n) is 2.59. The van der Waals surface area contributed by atoms with Crippen LogP contribution >= 0.6 is 0 Å². The van der Waals surface area contributed by atoms with Gasteiger partial charge in [0.25, 0.3) is 0 Å². The Bertz CT molecular complexity index is 1140. The number of carbonyl (C=O) groups is 1. The molecule has 0 aliphatic rings. The number of amides is 1. The van der Waals surface area contributed by atoms with E-state index in [1.807, 2.05) is 0 Å². The Labute approximate surface area is 177 Å². The van der Waals surface area contributed by atoms with Gasteiger partial charge in [-0.15, -0.1) is 0 Å².